The lowest BCUT2D eigenvalue weighted by Crippen LogP contribution is -2.35. The predicted octanol–water partition coefficient (Wildman–Crippen LogP) is 4.17. The minimum absolute atomic E-state index is 0.0309. The quantitative estimate of drug-likeness (QED) is 0.852. The van der Waals surface area contributed by atoms with Crippen molar-refractivity contribution in [3.05, 3.63) is 71.5 Å². The van der Waals surface area contributed by atoms with Gasteiger partial charge in [0.2, 0.25) is 5.91 Å². The smallest absolute Gasteiger partial charge is 0.230 e. The third kappa shape index (κ3) is 3.44. The first-order valence-corrected chi connectivity index (χ1v) is 8.21. The molecule has 1 saturated carbocycles. The molecule has 0 radical (unpaired) electrons. The number of carbonyl (C=O) groups excluding carboxylic acids is 1. The van der Waals surface area contributed by atoms with Crippen LogP contribution in [0.2, 0.25) is 0 Å². The molecule has 120 valence electrons. The monoisotopic (exact) mass is 311 g/mol. The lowest BCUT2D eigenvalue weighted by molar-refractivity contribution is -0.123. The highest BCUT2D eigenvalue weighted by atomic mass is 19.1. The Balaban J connectivity index is 1.56. The minimum Gasteiger partial charge on any atom is -0.355 e. The summed E-state index contributed by atoms with van der Waals surface area (Å²) in [7, 11) is 0. The van der Waals surface area contributed by atoms with E-state index < -0.39 is 5.41 Å². The fourth-order valence-corrected chi connectivity index (χ4v) is 3.08. The van der Waals surface area contributed by atoms with Gasteiger partial charge in [0.1, 0.15) is 5.82 Å². The molecule has 0 bridgehead atoms. The number of hydrogen-bond donors (Lipinski definition) is 1. The SMILES string of the molecule is CC(CCNC(=O)C1(c2cccc(F)c2)CC1)c1ccccc1. The van der Waals surface area contributed by atoms with Crippen molar-refractivity contribution in [3.63, 3.8) is 0 Å². The lowest BCUT2D eigenvalue weighted by Gasteiger charge is -2.17. The number of benzene rings is 2. The molecule has 3 heteroatoms. The summed E-state index contributed by atoms with van der Waals surface area (Å²) in [5.41, 5.74) is 1.58. The molecule has 0 aliphatic heterocycles. The number of carbonyl (C=O) groups is 1. The normalized spacial score (nSPS) is 16.6. The maximum atomic E-state index is 13.4. The molecular weight excluding hydrogens is 289 g/mol. The molecule has 2 nitrogen and oxygen atoms in total. The molecule has 0 saturated heterocycles. The molecule has 0 heterocycles. The molecule has 2 aromatic rings. The van der Waals surface area contributed by atoms with Gasteiger partial charge in [-0.25, -0.2) is 4.39 Å². The topological polar surface area (TPSA) is 29.1 Å². The van der Waals surface area contributed by atoms with Crippen LogP contribution >= 0.6 is 0 Å². The summed E-state index contributed by atoms with van der Waals surface area (Å²) in [5, 5.41) is 3.04. The first-order chi connectivity index (χ1) is 11.1. The van der Waals surface area contributed by atoms with Gasteiger partial charge in [0.05, 0.1) is 5.41 Å². The average Bonchev–Trinajstić information content (AvgIpc) is 3.37. The van der Waals surface area contributed by atoms with E-state index >= 15 is 0 Å². The fraction of sp³-hybridized carbons (Fsp3) is 0.350. The third-order valence-corrected chi connectivity index (χ3v) is 4.79. The van der Waals surface area contributed by atoms with Gasteiger partial charge in [0, 0.05) is 6.54 Å². The average molecular weight is 311 g/mol. The molecule has 1 N–H and O–H groups in total. The van der Waals surface area contributed by atoms with Gasteiger partial charge in [0.25, 0.3) is 0 Å². The fourth-order valence-electron chi connectivity index (χ4n) is 3.08. The summed E-state index contributed by atoms with van der Waals surface area (Å²) in [5.74, 6) is 0.156. The molecule has 1 aliphatic rings. The van der Waals surface area contributed by atoms with Crippen LogP contribution in [-0.2, 0) is 10.2 Å². The van der Waals surface area contributed by atoms with Crippen LogP contribution < -0.4 is 5.32 Å². The molecule has 1 aliphatic carbocycles. The number of hydrogen-bond acceptors (Lipinski definition) is 1. The van der Waals surface area contributed by atoms with Crippen LogP contribution in [0.1, 0.15) is 43.2 Å². The van der Waals surface area contributed by atoms with Crippen molar-refractivity contribution in [3.8, 4) is 0 Å². The van der Waals surface area contributed by atoms with Crippen LogP contribution in [0, 0.1) is 5.82 Å². The summed E-state index contributed by atoms with van der Waals surface area (Å²) in [6.07, 6.45) is 2.50. The molecule has 2 aromatic carbocycles. The van der Waals surface area contributed by atoms with E-state index in [0.29, 0.717) is 12.5 Å². The van der Waals surface area contributed by atoms with Crippen LogP contribution in [0.3, 0.4) is 0 Å². The van der Waals surface area contributed by atoms with E-state index in [1.54, 1.807) is 6.07 Å². The first-order valence-electron chi connectivity index (χ1n) is 8.21. The Morgan fingerprint density at radius 1 is 1.17 bits per heavy atom. The van der Waals surface area contributed by atoms with Gasteiger partial charge in [-0.05, 0) is 48.4 Å². The van der Waals surface area contributed by atoms with E-state index in [4.69, 9.17) is 0 Å². The highest BCUT2D eigenvalue weighted by Gasteiger charge is 2.51. The van der Waals surface area contributed by atoms with Crippen molar-refractivity contribution < 1.29 is 9.18 Å². The van der Waals surface area contributed by atoms with Crippen molar-refractivity contribution >= 4 is 5.91 Å². The van der Waals surface area contributed by atoms with E-state index in [-0.39, 0.29) is 11.7 Å². The van der Waals surface area contributed by atoms with Crippen LogP contribution in [0.15, 0.2) is 54.6 Å². The molecule has 1 unspecified atom stereocenters. The second-order valence-corrected chi connectivity index (χ2v) is 6.45. The zero-order valence-electron chi connectivity index (χ0n) is 13.4. The van der Waals surface area contributed by atoms with Gasteiger partial charge in [-0.15, -0.1) is 0 Å². The second kappa shape index (κ2) is 6.53. The Morgan fingerprint density at radius 2 is 1.91 bits per heavy atom. The Bertz CT molecular complexity index is 679. The van der Waals surface area contributed by atoms with Crippen molar-refractivity contribution in [2.75, 3.05) is 6.54 Å². The summed E-state index contributed by atoms with van der Waals surface area (Å²) >= 11 is 0. The number of rotatable bonds is 6. The number of nitrogens with one attached hydrogen (secondary N) is 1. The highest BCUT2D eigenvalue weighted by molar-refractivity contribution is 5.91. The molecule has 1 atom stereocenters. The summed E-state index contributed by atoms with van der Waals surface area (Å²) < 4.78 is 13.4. The molecule has 1 amide bonds. The Labute approximate surface area is 136 Å². The van der Waals surface area contributed by atoms with Crippen LogP contribution in [-0.4, -0.2) is 12.5 Å². The lowest BCUT2D eigenvalue weighted by atomic mass is 9.94. The van der Waals surface area contributed by atoms with Crippen LogP contribution in [0.5, 0.6) is 0 Å². The van der Waals surface area contributed by atoms with E-state index in [1.807, 2.05) is 24.3 Å². The molecule has 0 spiro atoms. The van der Waals surface area contributed by atoms with E-state index in [1.165, 1.54) is 17.7 Å². The highest BCUT2D eigenvalue weighted by Crippen LogP contribution is 2.48. The van der Waals surface area contributed by atoms with Crippen LogP contribution in [0.4, 0.5) is 4.39 Å². The first kappa shape index (κ1) is 15.7. The van der Waals surface area contributed by atoms with E-state index in [2.05, 4.69) is 24.4 Å². The summed E-state index contributed by atoms with van der Waals surface area (Å²) in [6.45, 7) is 2.81. The predicted molar refractivity (Wildman–Crippen MR) is 89.8 cm³/mol. The van der Waals surface area contributed by atoms with Crippen LogP contribution in [0.25, 0.3) is 0 Å². The number of amides is 1. The Hall–Kier alpha value is -2.16. The zero-order valence-corrected chi connectivity index (χ0v) is 13.4. The summed E-state index contributed by atoms with van der Waals surface area (Å²) in [6, 6.07) is 16.7. The van der Waals surface area contributed by atoms with Gasteiger partial charge < -0.3 is 5.32 Å². The van der Waals surface area contributed by atoms with Gasteiger partial charge >= 0.3 is 0 Å². The molecule has 0 aromatic heterocycles. The third-order valence-electron chi connectivity index (χ3n) is 4.79. The molecule has 23 heavy (non-hydrogen) atoms. The Morgan fingerprint density at radius 3 is 2.57 bits per heavy atom. The van der Waals surface area contributed by atoms with Gasteiger partial charge in [-0.2, -0.15) is 0 Å². The minimum atomic E-state index is -0.502. The zero-order chi connectivity index (χ0) is 16.3. The van der Waals surface area contributed by atoms with Crippen molar-refractivity contribution in [1.82, 2.24) is 5.32 Å². The van der Waals surface area contributed by atoms with Crippen molar-refractivity contribution in [2.45, 2.75) is 37.5 Å². The van der Waals surface area contributed by atoms with Gasteiger partial charge in [-0.3, -0.25) is 4.79 Å². The van der Waals surface area contributed by atoms with Gasteiger partial charge in [0.15, 0.2) is 0 Å². The van der Waals surface area contributed by atoms with E-state index in [0.717, 1.165) is 24.8 Å². The summed E-state index contributed by atoms with van der Waals surface area (Å²) in [4.78, 5) is 12.5. The van der Waals surface area contributed by atoms with Gasteiger partial charge in [-0.1, -0.05) is 49.4 Å². The van der Waals surface area contributed by atoms with E-state index in [9.17, 15) is 9.18 Å². The largest absolute Gasteiger partial charge is 0.355 e. The Kier molecular flexibility index (Phi) is 4.46. The molecule has 3 rings (SSSR count). The maximum absolute atomic E-state index is 13.4. The number of halogens is 1. The standard InChI is InChI=1S/C20H22FNO/c1-15(16-6-3-2-4-7-16)10-13-22-19(23)20(11-12-20)17-8-5-9-18(21)14-17/h2-9,14-15H,10-13H2,1H3,(H,22,23). The van der Waals surface area contributed by atoms with Crippen molar-refractivity contribution in [1.29, 1.82) is 0 Å². The molecule has 1 fully saturated rings. The molecular formula is C20H22FNO. The maximum Gasteiger partial charge on any atom is 0.230 e. The van der Waals surface area contributed by atoms with Crippen molar-refractivity contribution in [2.24, 2.45) is 0 Å². The second-order valence-electron chi connectivity index (χ2n) is 6.45.